The smallest absolute Gasteiger partial charge is 0.188 e. The molecular weight excluding hydrogens is 262 g/mol. The average molecular weight is 272 g/mol. The van der Waals surface area contributed by atoms with E-state index in [0.29, 0.717) is 0 Å². The zero-order valence-electron chi connectivity index (χ0n) is 10.4. The molecule has 0 fully saturated rings. The van der Waals surface area contributed by atoms with Crippen LogP contribution in [0.4, 0.5) is 8.78 Å². The number of imidazole rings is 1. The summed E-state index contributed by atoms with van der Waals surface area (Å²) in [6, 6.07) is 10.6. The van der Waals surface area contributed by atoms with Crippen molar-refractivity contribution < 1.29 is 13.6 Å². The number of hydrogen-bond donors (Lipinski definition) is 0. The second-order valence-corrected chi connectivity index (χ2v) is 4.38. The molecular formula is C15H10F2N2O. The standard InChI is InChI=1S/C15H10F2N2O/c16-10-4-3-5-11(17)15(10)14(20)8-19-9-18-12-6-1-2-7-13(12)19/h1-7,9H,8H2. The molecule has 1 aromatic heterocycles. The van der Waals surface area contributed by atoms with E-state index in [1.54, 1.807) is 16.7 Å². The van der Waals surface area contributed by atoms with Crippen molar-refractivity contribution in [2.45, 2.75) is 6.54 Å². The first-order valence-electron chi connectivity index (χ1n) is 6.04. The molecule has 0 saturated carbocycles. The Balaban J connectivity index is 1.97. The van der Waals surface area contributed by atoms with Gasteiger partial charge >= 0.3 is 0 Å². The molecule has 2 aromatic carbocycles. The molecule has 1 heterocycles. The Morgan fingerprint density at radius 3 is 2.50 bits per heavy atom. The van der Waals surface area contributed by atoms with Crippen molar-refractivity contribution >= 4 is 16.8 Å². The number of carbonyl (C=O) groups is 1. The summed E-state index contributed by atoms with van der Waals surface area (Å²) in [6.45, 7) is -0.154. The van der Waals surface area contributed by atoms with E-state index in [-0.39, 0.29) is 6.54 Å². The number of hydrogen-bond acceptors (Lipinski definition) is 2. The molecule has 0 saturated heterocycles. The topological polar surface area (TPSA) is 34.9 Å². The van der Waals surface area contributed by atoms with E-state index in [4.69, 9.17) is 0 Å². The monoisotopic (exact) mass is 272 g/mol. The first kappa shape index (κ1) is 12.5. The van der Waals surface area contributed by atoms with Gasteiger partial charge in [0.2, 0.25) is 0 Å². The van der Waals surface area contributed by atoms with Crippen molar-refractivity contribution in [1.29, 1.82) is 0 Å². The van der Waals surface area contributed by atoms with E-state index in [9.17, 15) is 13.6 Å². The minimum absolute atomic E-state index is 0.154. The van der Waals surface area contributed by atoms with Gasteiger partial charge in [0.05, 0.1) is 29.5 Å². The summed E-state index contributed by atoms with van der Waals surface area (Å²) in [6.07, 6.45) is 1.49. The molecule has 3 aromatic rings. The zero-order chi connectivity index (χ0) is 14.1. The number of para-hydroxylation sites is 2. The minimum atomic E-state index is -0.848. The summed E-state index contributed by atoms with van der Waals surface area (Å²) in [5, 5.41) is 0. The highest BCUT2D eigenvalue weighted by Gasteiger charge is 2.17. The van der Waals surface area contributed by atoms with E-state index in [1.165, 1.54) is 12.4 Å². The molecule has 3 rings (SSSR count). The van der Waals surface area contributed by atoms with Gasteiger partial charge in [0.1, 0.15) is 11.6 Å². The molecule has 0 unspecified atom stereocenters. The van der Waals surface area contributed by atoms with Gasteiger partial charge in [0.25, 0.3) is 0 Å². The lowest BCUT2D eigenvalue weighted by atomic mass is 10.1. The third kappa shape index (κ3) is 2.07. The van der Waals surface area contributed by atoms with Crippen molar-refractivity contribution in [3.8, 4) is 0 Å². The van der Waals surface area contributed by atoms with Crippen LogP contribution in [-0.4, -0.2) is 15.3 Å². The first-order chi connectivity index (χ1) is 9.66. The molecule has 3 nitrogen and oxygen atoms in total. The lowest BCUT2D eigenvalue weighted by Crippen LogP contribution is -2.13. The van der Waals surface area contributed by atoms with Gasteiger partial charge in [-0.15, -0.1) is 0 Å². The van der Waals surface area contributed by atoms with Gasteiger partial charge < -0.3 is 4.57 Å². The molecule has 0 atom stereocenters. The van der Waals surface area contributed by atoms with Gasteiger partial charge in [-0.25, -0.2) is 13.8 Å². The Morgan fingerprint density at radius 1 is 1.05 bits per heavy atom. The molecule has 0 bridgehead atoms. The summed E-state index contributed by atoms with van der Waals surface area (Å²) in [4.78, 5) is 16.2. The second-order valence-electron chi connectivity index (χ2n) is 4.38. The number of ketones is 1. The number of Topliss-reactive ketones (excluding diaryl/α,β-unsaturated/α-hetero) is 1. The van der Waals surface area contributed by atoms with E-state index in [0.717, 1.165) is 23.2 Å². The lowest BCUT2D eigenvalue weighted by Gasteiger charge is -2.06. The third-order valence-electron chi connectivity index (χ3n) is 3.08. The molecule has 0 radical (unpaired) electrons. The Bertz CT molecular complexity index is 775. The van der Waals surface area contributed by atoms with Gasteiger partial charge in [-0.1, -0.05) is 18.2 Å². The van der Waals surface area contributed by atoms with Crippen molar-refractivity contribution in [3.05, 3.63) is 66.0 Å². The minimum Gasteiger partial charge on any atom is -0.323 e. The lowest BCUT2D eigenvalue weighted by molar-refractivity contribution is 0.0965. The van der Waals surface area contributed by atoms with Crippen LogP contribution in [-0.2, 0) is 6.54 Å². The molecule has 0 N–H and O–H groups in total. The quantitative estimate of drug-likeness (QED) is 0.686. The number of fused-ring (bicyclic) bond motifs is 1. The van der Waals surface area contributed by atoms with Gasteiger partial charge in [-0.3, -0.25) is 4.79 Å². The highest BCUT2D eigenvalue weighted by atomic mass is 19.1. The van der Waals surface area contributed by atoms with Gasteiger partial charge in [0, 0.05) is 0 Å². The molecule has 0 aliphatic rings. The van der Waals surface area contributed by atoms with Crippen molar-refractivity contribution in [3.63, 3.8) is 0 Å². The predicted molar refractivity (Wildman–Crippen MR) is 70.4 cm³/mol. The Morgan fingerprint density at radius 2 is 1.75 bits per heavy atom. The van der Waals surface area contributed by atoms with Gasteiger partial charge in [-0.2, -0.15) is 0 Å². The summed E-state index contributed by atoms with van der Waals surface area (Å²) in [5.41, 5.74) is 0.970. The second kappa shape index (κ2) is 4.85. The molecule has 0 aliphatic carbocycles. The zero-order valence-corrected chi connectivity index (χ0v) is 10.4. The Hall–Kier alpha value is -2.56. The number of rotatable bonds is 3. The largest absolute Gasteiger partial charge is 0.323 e. The summed E-state index contributed by atoms with van der Waals surface area (Å²) in [5.74, 6) is -2.32. The van der Waals surface area contributed by atoms with Crippen LogP contribution < -0.4 is 0 Å². The van der Waals surface area contributed by atoms with Crippen LogP contribution in [0.25, 0.3) is 11.0 Å². The van der Waals surface area contributed by atoms with Crippen molar-refractivity contribution in [2.75, 3.05) is 0 Å². The highest BCUT2D eigenvalue weighted by Crippen LogP contribution is 2.16. The van der Waals surface area contributed by atoms with Crippen LogP contribution in [0.15, 0.2) is 48.8 Å². The van der Waals surface area contributed by atoms with Crippen LogP contribution in [0, 0.1) is 11.6 Å². The maximum Gasteiger partial charge on any atom is 0.188 e. The number of aromatic nitrogens is 2. The molecule has 100 valence electrons. The van der Waals surface area contributed by atoms with E-state index < -0.39 is 23.0 Å². The van der Waals surface area contributed by atoms with Crippen LogP contribution in [0.1, 0.15) is 10.4 Å². The highest BCUT2D eigenvalue weighted by molar-refractivity contribution is 5.97. The maximum absolute atomic E-state index is 13.6. The summed E-state index contributed by atoms with van der Waals surface area (Å²) < 4.78 is 28.7. The van der Waals surface area contributed by atoms with Gasteiger partial charge in [0.15, 0.2) is 5.78 Å². The fraction of sp³-hybridized carbons (Fsp3) is 0.0667. The maximum atomic E-state index is 13.6. The number of nitrogens with zero attached hydrogens (tertiary/aromatic N) is 2. The predicted octanol–water partition coefficient (Wildman–Crippen LogP) is 3.20. The molecule has 0 amide bonds. The first-order valence-corrected chi connectivity index (χ1v) is 6.04. The Kier molecular flexibility index (Phi) is 3.02. The summed E-state index contributed by atoms with van der Waals surface area (Å²) >= 11 is 0. The van der Waals surface area contributed by atoms with Crippen LogP contribution in [0.2, 0.25) is 0 Å². The number of halogens is 2. The molecule has 5 heteroatoms. The van der Waals surface area contributed by atoms with Crippen LogP contribution in [0.3, 0.4) is 0 Å². The van der Waals surface area contributed by atoms with E-state index in [2.05, 4.69) is 4.98 Å². The molecule has 20 heavy (non-hydrogen) atoms. The number of benzene rings is 2. The molecule has 0 spiro atoms. The Labute approximate surface area is 113 Å². The molecule has 0 aliphatic heterocycles. The van der Waals surface area contributed by atoms with Crippen molar-refractivity contribution in [2.24, 2.45) is 0 Å². The summed E-state index contributed by atoms with van der Waals surface area (Å²) in [7, 11) is 0. The van der Waals surface area contributed by atoms with Gasteiger partial charge in [-0.05, 0) is 24.3 Å². The average Bonchev–Trinajstić information content (AvgIpc) is 2.82. The normalized spacial score (nSPS) is 10.9. The van der Waals surface area contributed by atoms with E-state index in [1.807, 2.05) is 12.1 Å². The fourth-order valence-corrected chi connectivity index (χ4v) is 2.13. The van der Waals surface area contributed by atoms with Crippen LogP contribution in [0.5, 0.6) is 0 Å². The number of carbonyl (C=O) groups excluding carboxylic acids is 1. The van der Waals surface area contributed by atoms with Crippen LogP contribution >= 0.6 is 0 Å². The van der Waals surface area contributed by atoms with E-state index >= 15 is 0 Å². The SMILES string of the molecule is O=C(Cn1cnc2ccccc21)c1c(F)cccc1F. The fourth-order valence-electron chi connectivity index (χ4n) is 2.13. The van der Waals surface area contributed by atoms with Crippen molar-refractivity contribution in [1.82, 2.24) is 9.55 Å². The third-order valence-corrected chi connectivity index (χ3v) is 3.08.